The van der Waals surface area contributed by atoms with Crippen LogP contribution < -0.4 is 29.0 Å². The summed E-state index contributed by atoms with van der Waals surface area (Å²) in [5.41, 5.74) is 1.22. The van der Waals surface area contributed by atoms with Crippen LogP contribution in [0.25, 0.3) is 0 Å². The van der Waals surface area contributed by atoms with Gasteiger partial charge >= 0.3 is 0 Å². The molecule has 3 aromatic carbocycles. The zero-order chi connectivity index (χ0) is 24.6. The van der Waals surface area contributed by atoms with Crippen LogP contribution in [0.1, 0.15) is 5.56 Å². The molecule has 3 rings (SSSR count). The summed E-state index contributed by atoms with van der Waals surface area (Å²) in [5.74, 6) is 1.74. The Morgan fingerprint density at radius 1 is 0.824 bits per heavy atom. The molecule has 3 aromatic rings. The second-order valence-electron chi connectivity index (χ2n) is 7.06. The van der Waals surface area contributed by atoms with Crippen LogP contribution in [0.2, 0.25) is 0 Å². The normalized spacial score (nSPS) is 10.8. The lowest BCUT2D eigenvalue weighted by Gasteiger charge is -2.11. The lowest BCUT2D eigenvalue weighted by Crippen LogP contribution is -2.28. The predicted molar refractivity (Wildman–Crippen MR) is 127 cm³/mol. The van der Waals surface area contributed by atoms with E-state index in [9.17, 15) is 13.2 Å². The zero-order valence-corrected chi connectivity index (χ0v) is 19.8. The summed E-state index contributed by atoms with van der Waals surface area (Å²) in [7, 11) is 0.799. The van der Waals surface area contributed by atoms with Crippen LogP contribution >= 0.6 is 0 Å². The number of benzene rings is 3. The summed E-state index contributed by atoms with van der Waals surface area (Å²) in [5, 5.41) is 2.75. The molecule has 9 nitrogen and oxygen atoms in total. The Morgan fingerprint density at radius 3 is 2.24 bits per heavy atom. The number of anilines is 1. The number of hydrogen-bond donors (Lipinski definition) is 2. The molecule has 0 aliphatic heterocycles. The van der Waals surface area contributed by atoms with Gasteiger partial charge in [0.2, 0.25) is 0 Å². The van der Waals surface area contributed by atoms with Crippen LogP contribution in [0.5, 0.6) is 23.0 Å². The van der Waals surface area contributed by atoms with Crippen molar-refractivity contribution in [1.82, 2.24) is 5.32 Å². The molecule has 180 valence electrons. The first-order valence-electron chi connectivity index (χ1n) is 10.2. The Balaban J connectivity index is 1.52. The van der Waals surface area contributed by atoms with Gasteiger partial charge in [0.15, 0.2) is 18.1 Å². The van der Waals surface area contributed by atoms with Crippen molar-refractivity contribution >= 4 is 21.6 Å². The molecule has 0 spiro atoms. The first-order valence-corrected chi connectivity index (χ1v) is 11.7. The highest BCUT2D eigenvalue weighted by atomic mass is 32.2. The molecule has 0 bridgehead atoms. The van der Waals surface area contributed by atoms with Gasteiger partial charge in [0, 0.05) is 12.6 Å². The lowest BCUT2D eigenvalue weighted by molar-refractivity contribution is -0.123. The van der Waals surface area contributed by atoms with E-state index in [1.165, 1.54) is 31.4 Å². The van der Waals surface area contributed by atoms with Gasteiger partial charge in [-0.3, -0.25) is 9.52 Å². The van der Waals surface area contributed by atoms with Crippen molar-refractivity contribution < 1.29 is 32.2 Å². The summed E-state index contributed by atoms with van der Waals surface area (Å²) < 4.78 is 48.7. The topological polar surface area (TPSA) is 112 Å². The maximum absolute atomic E-state index is 12.6. The number of ether oxygens (including phenoxy) is 4. The van der Waals surface area contributed by atoms with Crippen LogP contribution in [-0.2, 0) is 21.4 Å². The van der Waals surface area contributed by atoms with Gasteiger partial charge in [0.1, 0.15) is 11.5 Å². The fraction of sp³-hybridized carbons (Fsp3) is 0.208. The highest BCUT2D eigenvalue weighted by Gasteiger charge is 2.15. The van der Waals surface area contributed by atoms with Gasteiger partial charge in [-0.25, -0.2) is 8.42 Å². The summed E-state index contributed by atoms with van der Waals surface area (Å²) in [6.45, 7) is 0.0666. The fourth-order valence-electron chi connectivity index (χ4n) is 3.01. The van der Waals surface area contributed by atoms with E-state index in [4.69, 9.17) is 18.9 Å². The number of carbonyl (C=O) groups is 1. The number of nitrogens with one attached hydrogen (secondary N) is 2. The highest BCUT2D eigenvalue weighted by Crippen LogP contribution is 2.27. The van der Waals surface area contributed by atoms with Crippen molar-refractivity contribution in [3.8, 4) is 23.0 Å². The molecule has 0 heterocycles. The third kappa shape index (κ3) is 6.55. The van der Waals surface area contributed by atoms with E-state index >= 15 is 0 Å². The van der Waals surface area contributed by atoms with Crippen LogP contribution in [-0.4, -0.2) is 42.3 Å². The van der Waals surface area contributed by atoms with Crippen molar-refractivity contribution in [3.05, 3.63) is 72.3 Å². The Morgan fingerprint density at radius 2 is 1.56 bits per heavy atom. The average Bonchev–Trinajstić information content (AvgIpc) is 2.86. The number of carbonyl (C=O) groups excluding carboxylic acids is 1. The van der Waals surface area contributed by atoms with Gasteiger partial charge in [0.25, 0.3) is 15.9 Å². The van der Waals surface area contributed by atoms with Crippen molar-refractivity contribution in [1.29, 1.82) is 0 Å². The van der Waals surface area contributed by atoms with Crippen LogP contribution in [0.15, 0.2) is 71.6 Å². The van der Waals surface area contributed by atoms with Gasteiger partial charge in [0.05, 0.1) is 31.9 Å². The van der Waals surface area contributed by atoms with E-state index in [0.29, 0.717) is 28.7 Å². The Kier molecular flexibility index (Phi) is 8.20. The predicted octanol–water partition coefficient (Wildman–Crippen LogP) is 3.21. The second kappa shape index (κ2) is 11.3. The van der Waals surface area contributed by atoms with Crippen LogP contribution in [0.3, 0.4) is 0 Å². The SMILES string of the molecule is COc1cccc(NS(=O)(=O)c2ccc(OCC(=O)NCc3ccc(OC)c(OC)c3)cc2)c1. The quantitative estimate of drug-likeness (QED) is 0.428. The highest BCUT2D eigenvalue weighted by molar-refractivity contribution is 7.92. The molecule has 0 radical (unpaired) electrons. The minimum atomic E-state index is -3.80. The maximum atomic E-state index is 12.6. The molecule has 0 atom stereocenters. The third-order valence-corrected chi connectivity index (χ3v) is 6.16. The molecular formula is C24H26N2O7S. The van der Waals surface area contributed by atoms with Gasteiger partial charge < -0.3 is 24.3 Å². The summed E-state index contributed by atoms with van der Waals surface area (Å²) in [4.78, 5) is 12.2. The standard InChI is InChI=1S/C24H26N2O7S/c1-30-20-6-4-5-18(14-20)26-34(28,29)21-10-8-19(9-11-21)33-16-24(27)25-15-17-7-12-22(31-2)23(13-17)32-3/h4-14,26H,15-16H2,1-3H3,(H,25,27). The molecule has 0 aliphatic carbocycles. The fourth-order valence-corrected chi connectivity index (χ4v) is 4.06. The van der Waals surface area contributed by atoms with Crippen molar-refractivity contribution in [2.45, 2.75) is 11.4 Å². The number of rotatable bonds is 11. The zero-order valence-electron chi connectivity index (χ0n) is 19.0. The van der Waals surface area contributed by atoms with E-state index in [-0.39, 0.29) is 24.0 Å². The maximum Gasteiger partial charge on any atom is 0.261 e. The average molecular weight is 487 g/mol. The molecular weight excluding hydrogens is 460 g/mol. The van der Waals surface area contributed by atoms with Crippen molar-refractivity contribution in [2.24, 2.45) is 0 Å². The summed E-state index contributed by atoms with van der Waals surface area (Å²) >= 11 is 0. The molecule has 10 heteroatoms. The molecule has 0 unspecified atom stereocenters. The summed E-state index contributed by atoms with van der Waals surface area (Å²) in [6, 6.07) is 17.7. The molecule has 0 fully saturated rings. The molecule has 34 heavy (non-hydrogen) atoms. The number of hydrogen-bond acceptors (Lipinski definition) is 7. The number of amides is 1. The molecule has 2 N–H and O–H groups in total. The minimum absolute atomic E-state index is 0.0561. The van der Waals surface area contributed by atoms with E-state index in [1.54, 1.807) is 50.6 Å². The monoisotopic (exact) mass is 486 g/mol. The smallest absolute Gasteiger partial charge is 0.261 e. The molecule has 0 saturated carbocycles. The van der Waals surface area contributed by atoms with Gasteiger partial charge in [-0.15, -0.1) is 0 Å². The van der Waals surface area contributed by atoms with Crippen molar-refractivity contribution in [3.63, 3.8) is 0 Å². The Bertz CT molecular complexity index is 1230. The van der Waals surface area contributed by atoms with E-state index in [1.807, 2.05) is 6.07 Å². The number of sulfonamides is 1. The van der Waals surface area contributed by atoms with Gasteiger partial charge in [-0.2, -0.15) is 0 Å². The Labute approximate surface area is 198 Å². The van der Waals surface area contributed by atoms with Crippen LogP contribution in [0.4, 0.5) is 5.69 Å². The van der Waals surface area contributed by atoms with Crippen LogP contribution in [0, 0.1) is 0 Å². The van der Waals surface area contributed by atoms with E-state index in [2.05, 4.69) is 10.0 Å². The third-order valence-electron chi connectivity index (χ3n) is 4.76. The number of methoxy groups -OCH3 is 3. The van der Waals surface area contributed by atoms with Gasteiger partial charge in [-0.05, 0) is 54.1 Å². The first-order chi connectivity index (χ1) is 16.3. The molecule has 0 aliphatic rings. The molecule has 0 saturated heterocycles. The summed E-state index contributed by atoms with van der Waals surface area (Å²) in [6.07, 6.45) is 0. The van der Waals surface area contributed by atoms with Crippen molar-refractivity contribution in [2.75, 3.05) is 32.7 Å². The largest absolute Gasteiger partial charge is 0.497 e. The molecule has 1 amide bonds. The second-order valence-corrected chi connectivity index (χ2v) is 8.75. The van der Waals surface area contributed by atoms with E-state index < -0.39 is 10.0 Å². The first kappa shape index (κ1) is 24.7. The van der Waals surface area contributed by atoms with Gasteiger partial charge in [-0.1, -0.05) is 12.1 Å². The van der Waals surface area contributed by atoms with E-state index in [0.717, 1.165) is 5.56 Å². The molecule has 0 aromatic heterocycles. The Hall–Kier alpha value is -3.92. The lowest BCUT2D eigenvalue weighted by atomic mass is 10.2. The minimum Gasteiger partial charge on any atom is -0.497 e.